The first-order valence-electron chi connectivity index (χ1n) is 5.81. The number of hydrogen-bond acceptors (Lipinski definition) is 2. The van der Waals surface area contributed by atoms with Crippen LogP contribution in [0.3, 0.4) is 0 Å². The zero-order valence-corrected chi connectivity index (χ0v) is 10.3. The average Bonchev–Trinajstić information content (AvgIpc) is 2.76. The van der Waals surface area contributed by atoms with Gasteiger partial charge in [0.1, 0.15) is 0 Å². The van der Waals surface area contributed by atoms with Crippen LogP contribution in [0.4, 0.5) is 0 Å². The van der Waals surface area contributed by atoms with Gasteiger partial charge < -0.3 is 0 Å². The summed E-state index contributed by atoms with van der Waals surface area (Å²) in [7, 11) is 0. The van der Waals surface area contributed by atoms with Crippen LogP contribution in [-0.4, -0.2) is 14.6 Å². The Balaban J connectivity index is 2.37. The van der Waals surface area contributed by atoms with Crippen LogP contribution in [0.1, 0.15) is 11.3 Å². The highest BCUT2D eigenvalue weighted by molar-refractivity contribution is 5.64. The van der Waals surface area contributed by atoms with E-state index in [9.17, 15) is 4.79 Å². The van der Waals surface area contributed by atoms with E-state index in [4.69, 9.17) is 0 Å². The quantitative estimate of drug-likeness (QED) is 0.708. The van der Waals surface area contributed by atoms with Crippen LogP contribution in [0.2, 0.25) is 0 Å². The highest BCUT2D eigenvalue weighted by Crippen LogP contribution is 2.19. The van der Waals surface area contributed by atoms with Crippen LogP contribution in [0.25, 0.3) is 16.9 Å². The van der Waals surface area contributed by atoms with Gasteiger partial charge in [0, 0.05) is 22.9 Å². The second kappa shape index (κ2) is 3.84. The fourth-order valence-corrected chi connectivity index (χ4v) is 2.11. The number of fused-ring (bicyclic) bond motifs is 1. The van der Waals surface area contributed by atoms with Crippen molar-refractivity contribution in [1.29, 1.82) is 0 Å². The van der Waals surface area contributed by atoms with Gasteiger partial charge in [-0.05, 0) is 13.8 Å². The fourth-order valence-electron chi connectivity index (χ4n) is 2.11. The number of rotatable bonds is 1. The van der Waals surface area contributed by atoms with Gasteiger partial charge in [0.2, 0.25) is 0 Å². The van der Waals surface area contributed by atoms with Crippen LogP contribution >= 0.6 is 0 Å². The third-order valence-corrected chi connectivity index (χ3v) is 3.02. The molecule has 3 rings (SSSR count). The highest BCUT2D eigenvalue weighted by atomic mass is 16.1. The number of aromatic nitrogens is 3. The third-order valence-electron chi connectivity index (χ3n) is 3.02. The van der Waals surface area contributed by atoms with Gasteiger partial charge in [-0.15, -0.1) is 0 Å². The molecule has 0 spiro atoms. The number of nitrogens with zero attached hydrogens (tertiary/aromatic N) is 2. The number of aryl methyl sites for hydroxylation is 1. The van der Waals surface area contributed by atoms with Gasteiger partial charge >= 0.3 is 0 Å². The molecule has 0 saturated carbocycles. The first-order valence-corrected chi connectivity index (χ1v) is 5.81. The molecule has 2 aromatic heterocycles. The van der Waals surface area contributed by atoms with Crippen molar-refractivity contribution in [2.75, 3.05) is 0 Å². The van der Waals surface area contributed by atoms with Gasteiger partial charge in [-0.3, -0.25) is 9.89 Å². The zero-order chi connectivity index (χ0) is 12.7. The van der Waals surface area contributed by atoms with Crippen LogP contribution in [-0.2, 0) is 0 Å². The molecule has 90 valence electrons. The van der Waals surface area contributed by atoms with Crippen molar-refractivity contribution in [2.24, 2.45) is 0 Å². The monoisotopic (exact) mass is 239 g/mol. The standard InChI is InChI=1S/C14H13N3O/c1-9-8-12-15-13(11-6-4-3-5-7-11)10(2)14(18)17(12)16-9/h3-8,16H,1-2H3. The maximum Gasteiger partial charge on any atom is 0.276 e. The number of hydrogen-bond donors (Lipinski definition) is 1. The molecular formula is C14H13N3O. The lowest BCUT2D eigenvalue weighted by Gasteiger charge is -2.05. The van der Waals surface area contributed by atoms with Crippen LogP contribution in [0, 0.1) is 13.8 Å². The van der Waals surface area contributed by atoms with Crippen LogP contribution in [0.5, 0.6) is 0 Å². The molecule has 0 aliphatic carbocycles. The molecule has 0 bridgehead atoms. The van der Waals surface area contributed by atoms with Crippen molar-refractivity contribution in [1.82, 2.24) is 14.6 Å². The molecule has 4 heteroatoms. The molecule has 0 aliphatic rings. The molecular weight excluding hydrogens is 226 g/mol. The number of benzene rings is 1. The maximum absolute atomic E-state index is 12.2. The predicted molar refractivity (Wildman–Crippen MR) is 70.7 cm³/mol. The summed E-state index contributed by atoms with van der Waals surface area (Å²) in [5, 5.41) is 2.99. The maximum atomic E-state index is 12.2. The number of H-pyrrole nitrogens is 1. The van der Waals surface area contributed by atoms with Crippen LogP contribution in [0.15, 0.2) is 41.2 Å². The summed E-state index contributed by atoms with van der Waals surface area (Å²) in [6, 6.07) is 11.6. The molecule has 18 heavy (non-hydrogen) atoms. The van der Waals surface area contributed by atoms with E-state index in [2.05, 4.69) is 10.1 Å². The van der Waals surface area contributed by atoms with Crippen LogP contribution < -0.4 is 5.56 Å². The van der Waals surface area contributed by atoms with Crippen molar-refractivity contribution in [3.05, 3.63) is 58.0 Å². The summed E-state index contributed by atoms with van der Waals surface area (Å²) in [5.41, 5.74) is 3.90. The minimum absolute atomic E-state index is 0.0491. The normalized spacial score (nSPS) is 11.0. The third kappa shape index (κ3) is 1.54. The van der Waals surface area contributed by atoms with E-state index in [0.717, 1.165) is 17.0 Å². The van der Waals surface area contributed by atoms with Gasteiger partial charge in [-0.1, -0.05) is 30.3 Å². The lowest BCUT2D eigenvalue weighted by molar-refractivity contribution is 0.871. The summed E-state index contributed by atoms with van der Waals surface area (Å²) in [6.07, 6.45) is 0. The molecule has 0 amide bonds. The summed E-state index contributed by atoms with van der Waals surface area (Å²) in [5.74, 6) is 0. The molecule has 3 aromatic rings. The second-order valence-corrected chi connectivity index (χ2v) is 4.39. The van der Waals surface area contributed by atoms with E-state index in [1.807, 2.05) is 43.3 Å². The van der Waals surface area contributed by atoms with Gasteiger partial charge in [0.25, 0.3) is 5.56 Å². The number of aromatic amines is 1. The molecule has 1 N–H and O–H groups in total. The molecule has 1 aromatic carbocycles. The van der Waals surface area contributed by atoms with Crippen molar-refractivity contribution in [3.8, 4) is 11.3 Å². The summed E-state index contributed by atoms with van der Waals surface area (Å²) in [6.45, 7) is 3.71. The van der Waals surface area contributed by atoms with E-state index in [1.165, 1.54) is 4.52 Å². The average molecular weight is 239 g/mol. The van der Waals surface area contributed by atoms with E-state index < -0.39 is 0 Å². The SMILES string of the molecule is Cc1cc2nc(-c3ccccc3)c(C)c(=O)n2[nH]1. The zero-order valence-electron chi connectivity index (χ0n) is 10.3. The van der Waals surface area contributed by atoms with Gasteiger partial charge in [-0.2, -0.15) is 0 Å². The Labute approximate surface area is 104 Å². The van der Waals surface area contributed by atoms with E-state index in [1.54, 1.807) is 6.92 Å². The Morgan fingerprint density at radius 1 is 1.17 bits per heavy atom. The van der Waals surface area contributed by atoms with Crippen molar-refractivity contribution in [2.45, 2.75) is 13.8 Å². The Morgan fingerprint density at radius 2 is 1.89 bits per heavy atom. The minimum atomic E-state index is -0.0491. The molecule has 4 nitrogen and oxygen atoms in total. The Hall–Kier alpha value is -2.36. The first kappa shape index (κ1) is 10.8. The summed E-state index contributed by atoms with van der Waals surface area (Å²) in [4.78, 5) is 16.8. The molecule has 0 fully saturated rings. The largest absolute Gasteiger partial charge is 0.294 e. The molecule has 0 aliphatic heterocycles. The van der Waals surface area contributed by atoms with Gasteiger partial charge in [0.15, 0.2) is 5.65 Å². The van der Waals surface area contributed by atoms with Crippen molar-refractivity contribution >= 4 is 5.65 Å². The number of nitrogens with one attached hydrogen (secondary N) is 1. The van der Waals surface area contributed by atoms with E-state index >= 15 is 0 Å². The Morgan fingerprint density at radius 3 is 2.61 bits per heavy atom. The molecule has 0 radical (unpaired) electrons. The highest BCUT2D eigenvalue weighted by Gasteiger charge is 2.11. The Kier molecular flexibility index (Phi) is 2.30. The molecule has 0 atom stereocenters. The fraction of sp³-hybridized carbons (Fsp3) is 0.143. The lowest BCUT2D eigenvalue weighted by Crippen LogP contribution is -2.19. The van der Waals surface area contributed by atoms with Crippen molar-refractivity contribution in [3.63, 3.8) is 0 Å². The summed E-state index contributed by atoms with van der Waals surface area (Å²) < 4.78 is 1.48. The van der Waals surface area contributed by atoms with Gasteiger partial charge in [-0.25, -0.2) is 9.50 Å². The summed E-state index contributed by atoms with van der Waals surface area (Å²) >= 11 is 0. The topological polar surface area (TPSA) is 50.2 Å². The van der Waals surface area contributed by atoms with Gasteiger partial charge in [0.05, 0.1) is 5.69 Å². The second-order valence-electron chi connectivity index (χ2n) is 4.39. The molecule has 2 heterocycles. The molecule has 0 unspecified atom stereocenters. The Bertz CT molecular complexity index is 769. The van der Waals surface area contributed by atoms with Crippen molar-refractivity contribution < 1.29 is 0 Å². The van der Waals surface area contributed by atoms with E-state index in [-0.39, 0.29) is 5.56 Å². The molecule has 0 saturated heterocycles. The minimum Gasteiger partial charge on any atom is -0.294 e. The predicted octanol–water partition coefficient (Wildman–Crippen LogP) is 2.31. The smallest absolute Gasteiger partial charge is 0.276 e. The van der Waals surface area contributed by atoms with E-state index in [0.29, 0.717) is 11.2 Å². The lowest BCUT2D eigenvalue weighted by atomic mass is 10.1. The first-order chi connectivity index (χ1) is 8.66.